The van der Waals surface area contributed by atoms with E-state index in [1.54, 1.807) is 6.92 Å². The fraction of sp³-hybridized carbons (Fsp3) is 0.300. The number of halogens is 1. The molecule has 1 aromatic carbocycles. The van der Waals surface area contributed by atoms with Gasteiger partial charge in [-0.1, -0.05) is 0 Å². The fourth-order valence-electron chi connectivity index (χ4n) is 1.07. The van der Waals surface area contributed by atoms with E-state index in [9.17, 15) is 19.3 Å². The van der Waals surface area contributed by atoms with Crippen molar-refractivity contribution in [1.29, 1.82) is 0 Å². The van der Waals surface area contributed by atoms with Crippen molar-refractivity contribution in [2.24, 2.45) is 0 Å². The summed E-state index contributed by atoms with van der Waals surface area (Å²) in [5, 5.41) is 10.3. The lowest BCUT2D eigenvalue weighted by Gasteiger charge is -2.05. The molecule has 0 fully saturated rings. The van der Waals surface area contributed by atoms with Crippen molar-refractivity contribution in [2.45, 2.75) is 6.92 Å². The van der Waals surface area contributed by atoms with E-state index in [1.807, 2.05) is 0 Å². The fourth-order valence-corrected chi connectivity index (χ4v) is 1.07. The maximum atomic E-state index is 13.1. The van der Waals surface area contributed by atoms with Gasteiger partial charge in [0.1, 0.15) is 5.75 Å². The number of benzene rings is 1. The van der Waals surface area contributed by atoms with E-state index in [0.717, 1.165) is 12.1 Å². The van der Waals surface area contributed by atoms with Crippen LogP contribution in [0.15, 0.2) is 18.2 Å². The average molecular weight is 243 g/mol. The van der Waals surface area contributed by atoms with Crippen molar-refractivity contribution in [3.8, 4) is 5.75 Å². The van der Waals surface area contributed by atoms with Crippen LogP contribution >= 0.6 is 0 Å². The van der Waals surface area contributed by atoms with Crippen LogP contribution in [0.25, 0.3) is 0 Å². The van der Waals surface area contributed by atoms with Crippen molar-refractivity contribution >= 4 is 11.7 Å². The van der Waals surface area contributed by atoms with Crippen molar-refractivity contribution in [3.63, 3.8) is 0 Å². The summed E-state index contributed by atoms with van der Waals surface area (Å²) in [6.45, 7) is 1.49. The molecule has 0 N–H and O–H groups in total. The average Bonchev–Trinajstić information content (AvgIpc) is 2.26. The zero-order chi connectivity index (χ0) is 12.8. The van der Waals surface area contributed by atoms with Gasteiger partial charge >= 0.3 is 11.7 Å². The number of rotatable bonds is 5. The van der Waals surface area contributed by atoms with Crippen molar-refractivity contribution in [2.75, 3.05) is 13.2 Å². The Balaban J connectivity index is 2.65. The smallest absolute Gasteiger partial charge is 0.344 e. The predicted molar refractivity (Wildman–Crippen MR) is 55.2 cm³/mol. The predicted octanol–water partition coefficient (Wildman–Crippen LogP) is 1.68. The first-order chi connectivity index (χ1) is 8.04. The highest BCUT2D eigenvalue weighted by Crippen LogP contribution is 2.22. The maximum absolute atomic E-state index is 13.1. The Morgan fingerprint density at radius 2 is 2.24 bits per heavy atom. The summed E-state index contributed by atoms with van der Waals surface area (Å²) in [6, 6.07) is 3.02. The highest BCUT2D eigenvalue weighted by atomic mass is 19.1. The van der Waals surface area contributed by atoms with E-state index in [0.29, 0.717) is 0 Å². The van der Waals surface area contributed by atoms with Crippen molar-refractivity contribution in [1.82, 2.24) is 0 Å². The van der Waals surface area contributed by atoms with E-state index >= 15 is 0 Å². The highest BCUT2D eigenvalue weighted by molar-refractivity contribution is 5.71. The first-order valence-corrected chi connectivity index (χ1v) is 4.77. The minimum absolute atomic E-state index is 0.0288. The Labute approximate surface area is 96.1 Å². The van der Waals surface area contributed by atoms with Gasteiger partial charge in [0.2, 0.25) is 5.82 Å². The summed E-state index contributed by atoms with van der Waals surface area (Å²) in [5.41, 5.74) is -0.645. The molecule has 0 spiro atoms. The second-order valence-corrected chi connectivity index (χ2v) is 2.96. The Morgan fingerprint density at radius 1 is 1.53 bits per heavy atom. The normalized spacial score (nSPS) is 9.76. The van der Waals surface area contributed by atoms with Crippen LogP contribution in [0, 0.1) is 15.9 Å². The SMILES string of the molecule is CCOC(=O)COc1ccc([N+](=O)[O-])c(F)c1. The molecule has 6 nitrogen and oxygen atoms in total. The zero-order valence-corrected chi connectivity index (χ0v) is 9.01. The number of hydrogen-bond donors (Lipinski definition) is 0. The van der Waals surface area contributed by atoms with Gasteiger partial charge in [-0.2, -0.15) is 4.39 Å². The lowest BCUT2D eigenvalue weighted by molar-refractivity contribution is -0.387. The maximum Gasteiger partial charge on any atom is 0.344 e. The Morgan fingerprint density at radius 3 is 2.76 bits per heavy atom. The van der Waals surface area contributed by atoms with Crippen LogP contribution in [0.5, 0.6) is 5.75 Å². The minimum Gasteiger partial charge on any atom is -0.482 e. The molecule has 1 aromatic rings. The van der Waals surface area contributed by atoms with E-state index in [4.69, 9.17) is 4.74 Å². The van der Waals surface area contributed by atoms with Crippen molar-refractivity contribution in [3.05, 3.63) is 34.1 Å². The molecule has 0 unspecified atom stereocenters. The molecule has 0 aromatic heterocycles. The molecule has 1 rings (SSSR count). The van der Waals surface area contributed by atoms with E-state index in [2.05, 4.69) is 4.74 Å². The van der Waals surface area contributed by atoms with Crippen molar-refractivity contribution < 1.29 is 23.6 Å². The van der Waals surface area contributed by atoms with Gasteiger partial charge < -0.3 is 9.47 Å². The van der Waals surface area contributed by atoms with Crippen LogP contribution in [-0.2, 0) is 9.53 Å². The second-order valence-electron chi connectivity index (χ2n) is 2.96. The molecule has 7 heteroatoms. The quantitative estimate of drug-likeness (QED) is 0.446. The number of nitro groups is 1. The van der Waals surface area contributed by atoms with Crippen LogP contribution < -0.4 is 4.74 Å². The molecule has 0 radical (unpaired) electrons. The summed E-state index contributed by atoms with van der Waals surface area (Å²) in [5.74, 6) is -1.58. The summed E-state index contributed by atoms with van der Waals surface area (Å²) < 4.78 is 22.6. The Bertz CT molecular complexity index is 435. The minimum atomic E-state index is -1.02. The lowest BCUT2D eigenvalue weighted by Crippen LogP contribution is -2.14. The summed E-state index contributed by atoms with van der Waals surface area (Å²) in [6.07, 6.45) is 0. The molecule has 0 amide bonds. The lowest BCUT2D eigenvalue weighted by atomic mass is 10.3. The number of hydrogen-bond acceptors (Lipinski definition) is 5. The van der Waals surface area contributed by atoms with E-state index < -0.39 is 22.4 Å². The summed E-state index contributed by atoms with van der Waals surface area (Å²) in [7, 11) is 0. The van der Waals surface area contributed by atoms with Gasteiger partial charge in [0, 0.05) is 12.1 Å². The van der Waals surface area contributed by atoms with Crippen LogP contribution in [0.2, 0.25) is 0 Å². The Kier molecular flexibility index (Phi) is 4.38. The summed E-state index contributed by atoms with van der Waals surface area (Å²) >= 11 is 0. The van der Waals surface area contributed by atoms with Gasteiger partial charge in [-0.25, -0.2) is 4.79 Å². The number of esters is 1. The number of ether oxygens (including phenoxy) is 2. The topological polar surface area (TPSA) is 78.7 Å². The van der Waals surface area contributed by atoms with E-state index in [1.165, 1.54) is 6.07 Å². The number of nitro benzene ring substituents is 1. The molecule has 92 valence electrons. The molecule has 0 saturated heterocycles. The molecule has 0 aliphatic heterocycles. The van der Waals surface area contributed by atoms with E-state index in [-0.39, 0.29) is 19.0 Å². The largest absolute Gasteiger partial charge is 0.482 e. The first-order valence-electron chi connectivity index (χ1n) is 4.77. The third kappa shape index (κ3) is 3.71. The summed E-state index contributed by atoms with van der Waals surface area (Å²) in [4.78, 5) is 20.4. The van der Waals surface area contributed by atoms with Gasteiger partial charge in [0.15, 0.2) is 6.61 Å². The molecule has 0 heterocycles. The van der Waals surface area contributed by atoms with Crippen LogP contribution in [0.3, 0.4) is 0 Å². The van der Waals surface area contributed by atoms with Gasteiger partial charge in [0.25, 0.3) is 0 Å². The van der Waals surface area contributed by atoms with Crippen LogP contribution in [-0.4, -0.2) is 24.1 Å². The molecular formula is C10H10FNO5. The third-order valence-electron chi connectivity index (χ3n) is 1.78. The molecule has 17 heavy (non-hydrogen) atoms. The van der Waals surface area contributed by atoms with Gasteiger partial charge in [-0.05, 0) is 13.0 Å². The first kappa shape index (κ1) is 12.9. The van der Waals surface area contributed by atoms with Gasteiger partial charge in [0.05, 0.1) is 11.5 Å². The van der Waals surface area contributed by atoms with Crippen LogP contribution in [0.1, 0.15) is 6.92 Å². The zero-order valence-electron chi connectivity index (χ0n) is 9.01. The third-order valence-corrected chi connectivity index (χ3v) is 1.78. The standard InChI is InChI=1S/C10H10FNO5/c1-2-16-10(13)6-17-7-3-4-9(12(14)15)8(11)5-7/h3-5H,2,6H2,1H3. The number of carbonyl (C=O) groups is 1. The monoisotopic (exact) mass is 243 g/mol. The molecule has 0 atom stereocenters. The number of nitrogens with zero attached hydrogens (tertiary/aromatic N) is 1. The van der Waals surface area contributed by atoms with Crippen LogP contribution in [0.4, 0.5) is 10.1 Å². The van der Waals surface area contributed by atoms with Gasteiger partial charge in [-0.3, -0.25) is 10.1 Å². The highest BCUT2D eigenvalue weighted by Gasteiger charge is 2.14. The number of carbonyl (C=O) groups excluding carboxylic acids is 1. The molecule has 0 bridgehead atoms. The molecular weight excluding hydrogens is 233 g/mol. The molecule has 0 aliphatic rings. The van der Waals surface area contributed by atoms with Gasteiger partial charge in [-0.15, -0.1) is 0 Å². The Hall–Kier alpha value is -2.18. The molecule has 0 saturated carbocycles. The molecule has 0 aliphatic carbocycles. The second kappa shape index (κ2) is 5.78.